The van der Waals surface area contributed by atoms with Gasteiger partial charge in [0.15, 0.2) is 0 Å². The first-order valence-electron chi connectivity index (χ1n) is 10.3. The molecule has 1 amide bonds. The molecule has 1 heterocycles. The Bertz CT molecular complexity index is 631. The lowest BCUT2D eigenvalue weighted by Gasteiger charge is -2.31. The number of hydrogen-bond donors (Lipinski definition) is 1. The minimum Gasteiger partial charge on any atom is -0.385 e. The third-order valence-corrected chi connectivity index (χ3v) is 4.79. The van der Waals surface area contributed by atoms with Crippen LogP contribution in [0.1, 0.15) is 46.5 Å². The fraction of sp³-hybridized carbons (Fsp3) is 0.714. The van der Waals surface area contributed by atoms with E-state index in [4.69, 9.17) is 4.74 Å². The molecule has 0 aromatic rings. The van der Waals surface area contributed by atoms with Crippen LogP contribution in [0.2, 0.25) is 0 Å². The molecule has 1 aliphatic rings. The van der Waals surface area contributed by atoms with Crippen molar-refractivity contribution in [1.82, 2.24) is 9.91 Å². The van der Waals surface area contributed by atoms with Gasteiger partial charge < -0.3 is 14.7 Å². The topological polar surface area (TPSA) is 65.4 Å². The fourth-order valence-corrected chi connectivity index (χ4v) is 3.15. The van der Waals surface area contributed by atoms with Gasteiger partial charge in [-0.1, -0.05) is 31.6 Å². The Morgan fingerprint density at radius 2 is 2.10 bits per heavy atom. The normalized spacial score (nSPS) is 21.9. The molecule has 0 fully saturated rings. The highest BCUT2D eigenvalue weighted by Crippen LogP contribution is 2.22. The number of nitrogens with zero attached hydrogens (tertiary/aromatic N) is 3. The van der Waals surface area contributed by atoms with Gasteiger partial charge in [-0.3, -0.25) is 9.80 Å². The molecule has 9 heteroatoms. The van der Waals surface area contributed by atoms with Crippen molar-refractivity contribution < 1.29 is 27.8 Å². The first-order valence-corrected chi connectivity index (χ1v) is 10.3. The van der Waals surface area contributed by atoms with E-state index in [2.05, 4.69) is 5.10 Å². The molecule has 0 saturated heterocycles. The predicted octanol–water partition coefficient (Wildman–Crippen LogP) is 3.53. The van der Waals surface area contributed by atoms with Gasteiger partial charge in [0.25, 0.3) is 5.91 Å². The zero-order valence-corrected chi connectivity index (χ0v) is 18.3. The molecular weight excluding hydrogens is 399 g/mol. The number of aliphatic hydroxyl groups excluding tert-OH is 1. The van der Waals surface area contributed by atoms with Crippen LogP contribution in [0.15, 0.2) is 28.9 Å². The average Bonchev–Trinajstić information content (AvgIpc) is 2.76. The van der Waals surface area contributed by atoms with Gasteiger partial charge in [0.2, 0.25) is 0 Å². The largest absolute Gasteiger partial charge is 0.431 e. The van der Waals surface area contributed by atoms with Crippen LogP contribution in [0, 0.1) is 0 Å². The Balaban J connectivity index is 3.09. The molecule has 1 rings (SSSR count). The number of hydrazone groups is 1. The van der Waals surface area contributed by atoms with Crippen LogP contribution < -0.4 is 0 Å². The smallest absolute Gasteiger partial charge is 0.385 e. The molecular formula is C21H34F3N3O3. The maximum Gasteiger partial charge on any atom is 0.431 e. The average molecular weight is 434 g/mol. The van der Waals surface area contributed by atoms with Crippen molar-refractivity contribution in [3.05, 3.63) is 23.8 Å². The minimum absolute atomic E-state index is 0.0983. The highest BCUT2D eigenvalue weighted by atomic mass is 19.4. The number of carbonyl (C=O) groups excluding carboxylic acids is 1. The Morgan fingerprint density at radius 1 is 1.40 bits per heavy atom. The second-order valence-electron chi connectivity index (χ2n) is 7.47. The summed E-state index contributed by atoms with van der Waals surface area (Å²) in [6, 6.07) is -0.0983. The van der Waals surface area contributed by atoms with Crippen LogP contribution in [0.5, 0.6) is 0 Å². The van der Waals surface area contributed by atoms with E-state index in [1.165, 1.54) is 25.1 Å². The van der Waals surface area contributed by atoms with Gasteiger partial charge in [-0.05, 0) is 32.3 Å². The number of ether oxygens (including phenoxy) is 1. The number of hydrogen-bond acceptors (Lipinski definition) is 5. The van der Waals surface area contributed by atoms with Crippen molar-refractivity contribution in [2.45, 2.75) is 64.8 Å². The number of rotatable bonds is 10. The first-order chi connectivity index (χ1) is 14.1. The van der Waals surface area contributed by atoms with E-state index in [9.17, 15) is 23.1 Å². The van der Waals surface area contributed by atoms with Gasteiger partial charge in [-0.15, -0.1) is 0 Å². The van der Waals surface area contributed by atoms with Crippen LogP contribution in [0.3, 0.4) is 0 Å². The number of amides is 1. The van der Waals surface area contributed by atoms with E-state index in [0.29, 0.717) is 25.1 Å². The molecule has 0 spiro atoms. The Labute approximate surface area is 177 Å². The molecule has 1 N–H and O–H groups in total. The third-order valence-electron chi connectivity index (χ3n) is 4.79. The monoisotopic (exact) mass is 433 g/mol. The fourth-order valence-electron chi connectivity index (χ4n) is 3.15. The van der Waals surface area contributed by atoms with Gasteiger partial charge in [-0.2, -0.15) is 18.3 Å². The number of methoxy groups -OCH3 is 1. The maximum atomic E-state index is 13.3. The lowest BCUT2D eigenvalue weighted by molar-refractivity contribution is -0.141. The van der Waals surface area contributed by atoms with Gasteiger partial charge in [-0.25, -0.2) is 0 Å². The molecule has 0 radical (unpaired) electrons. The van der Waals surface area contributed by atoms with Crippen LogP contribution in [-0.2, 0) is 9.53 Å². The van der Waals surface area contributed by atoms with Gasteiger partial charge in [0.05, 0.1) is 6.54 Å². The number of allylic oxidation sites excluding steroid dienone is 1. The summed E-state index contributed by atoms with van der Waals surface area (Å²) >= 11 is 0. The summed E-state index contributed by atoms with van der Waals surface area (Å²) in [6.45, 7) is 6.48. The molecule has 2 atom stereocenters. The number of aliphatic hydroxyl groups is 1. The quantitative estimate of drug-likeness (QED) is 0.536. The van der Waals surface area contributed by atoms with Crippen molar-refractivity contribution in [2.24, 2.45) is 5.10 Å². The van der Waals surface area contributed by atoms with Gasteiger partial charge in [0, 0.05) is 39.3 Å². The molecule has 0 aromatic heterocycles. The van der Waals surface area contributed by atoms with Crippen LogP contribution in [-0.4, -0.2) is 78.3 Å². The summed E-state index contributed by atoms with van der Waals surface area (Å²) in [5.74, 6) is -0.394. The highest BCUT2D eigenvalue weighted by molar-refractivity contribution is 5.90. The SMILES string of the molecule is CCCC(C)N(CC1=C/CN(CCCOC)/N=C(/C(F)(F)F)C/C=C\1)C(=O)[C@@H](C)O. The molecule has 30 heavy (non-hydrogen) atoms. The third kappa shape index (κ3) is 8.87. The molecule has 0 bridgehead atoms. The lowest BCUT2D eigenvalue weighted by Crippen LogP contribution is -2.44. The van der Waals surface area contributed by atoms with Crippen LogP contribution >= 0.6 is 0 Å². The molecule has 0 aromatic carbocycles. The van der Waals surface area contributed by atoms with E-state index in [1.807, 2.05) is 13.8 Å². The van der Waals surface area contributed by atoms with E-state index in [1.54, 1.807) is 17.1 Å². The van der Waals surface area contributed by atoms with Crippen LogP contribution in [0.4, 0.5) is 13.2 Å². The van der Waals surface area contributed by atoms with Gasteiger partial charge in [0.1, 0.15) is 11.8 Å². The summed E-state index contributed by atoms with van der Waals surface area (Å²) < 4.78 is 45.0. The maximum absolute atomic E-state index is 13.3. The van der Waals surface area contributed by atoms with E-state index < -0.39 is 23.9 Å². The Kier molecular flexibility index (Phi) is 11.1. The van der Waals surface area contributed by atoms with E-state index in [-0.39, 0.29) is 25.6 Å². The van der Waals surface area contributed by atoms with Crippen molar-refractivity contribution in [3.63, 3.8) is 0 Å². The molecule has 0 aliphatic carbocycles. The minimum atomic E-state index is -4.52. The van der Waals surface area contributed by atoms with Crippen molar-refractivity contribution in [3.8, 4) is 0 Å². The van der Waals surface area contributed by atoms with Crippen LogP contribution in [0.25, 0.3) is 0 Å². The molecule has 172 valence electrons. The van der Waals surface area contributed by atoms with Crippen molar-refractivity contribution >= 4 is 11.6 Å². The summed E-state index contributed by atoms with van der Waals surface area (Å²) in [5, 5.41) is 15.0. The zero-order valence-electron chi connectivity index (χ0n) is 18.3. The molecule has 0 saturated carbocycles. The number of halogens is 3. The molecule has 1 unspecified atom stereocenters. The standard InChI is InChI=1S/C21H34F3N3O3/c1-5-8-16(2)27(20(29)17(3)28)15-18-9-6-10-19(21(22,23)24)25-26(13-11-18)12-7-14-30-4/h6,9,11,16-17,28H,5,7-8,10,12-15H2,1-4H3/b9-6-,18-11+,25-19+/t16?,17-/m1/s1. The summed E-state index contributed by atoms with van der Waals surface area (Å²) in [5.41, 5.74) is -0.149. The lowest BCUT2D eigenvalue weighted by atomic mass is 10.1. The second-order valence-corrected chi connectivity index (χ2v) is 7.47. The summed E-state index contributed by atoms with van der Waals surface area (Å²) in [4.78, 5) is 14.1. The highest BCUT2D eigenvalue weighted by Gasteiger charge is 2.35. The molecule has 6 nitrogen and oxygen atoms in total. The second kappa shape index (κ2) is 12.7. The van der Waals surface area contributed by atoms with Crippen molar-refractivity contribution in [2.75, 3.05) is 33.4 Å². The number of carbonyl (C=O) groups is 1. The molecule has 1 aliphatic heterocycles. The van der Waals surface area contributed by atoms with E-state index >= 15 is 0 Å². The number of alkyl halides is 3. The zero-order chi connectivity index (χ0) is 22.7. The summed E-state index contributed by atoms with van der Waals surface area (Å²) in [7, 11) is 1.54. The Hall–Kier alpha value is -1.87. The van der Waals surface area contributed by atoms with Gasteiger partial charge >= 0.3 is 6.18 Å². The predicted molar refractivity (Wildman–Crippen MR) is 111 cm³/mol. The van der Waals surface area contributed by atoms with E-state index in [0.717, 1.165) is 12.8 Å². The first kappa shape index (κ1) is 26.2. The Morgan fingerprint density at radius 3 is 2.67 bits per heavy atom. The van der Waals surface area contributed by atoms with Crippen molar-refractivity contribution in [1.29, 1.82) is 0 Å². The summed E-state index contributed by atoms with van der Waals surface area (Å²) in [6.07, 6.45) is 0.989.